The van der Waals surface area contributed by atoms with Gasteiger partial charge < -0.3 is 16.0 Å². The molecule has 112 valence electrons. The topological polar surface area (TPSA) is 75.4 Å². The predicted octanol–water partition coefficient (Wildman–Crippen LogP) is 0.671. The third-order valence-electron chi connectivity index (χ3n) is 2.62. The molecule has 7 heteroatoms. The molecule has 0 fully saturated rings. The third-order valence-corrected chi connectivity index (χ3v) is 2.62. The molecule has 20 heavy (non-hydrogen) atoms. The van der Waals surface area contributed by atoms with E-state index < -0.39 is 0 Å². The van der Waals surface area contributed by atoms with Crippen LogP contribution in [0.4, 0.5) is 4.39 Å². The largest absolute Gasteiger partial charge is 0.346 e. The molecule has 0 unspecified atom stereocenters. The third kappa shape index (κ3) is 5.99. The van der Waals surface area contributed by atoms with Gasteiger partial charge in [-0.2, -0.15) is 0 Å². The number of carbonyl (C=O) groups excluding carboxylic acids is 2. The van der Waals surface area contributed by atoms with Crippen LogP contribution in [-0.2, 0) is 16.1 Å². The summed E-state index contributed by atoms with van der Waals surface area (Å²) in [6, 6.07) is 6.08. The van der Waals surface area contributed by atoms with Crippen LogP contribution in [0.25, 0.3) is 0 Å². The van der Waals surface area contributed by atoms with E-state index in [1.54, 1.807) is 12.1 Å². The highest BCUT2D eigenvalue weighted by molar-refractivity contribution is 5.85. The van der Waals surface area contributed by atoms with Gasteiger partial charge in [0.05, 0.1) is 13.1 Å². The van der Waals surface area contributed by atoms with Crippen LogP contribution in [0.15, 0.2) is 24.3 Å². The fourth-order valence-electron chi connectivity index (χ4n) is 1.59. The lowest BCUT2D eigenvalue weighted by atomic mass is 10.2. The minimum atomic E-state index is -0.379. The highest BCUT2D eigenvalue weighted by atomic mass is 35.5. The van der Waals surface area contributed by atoms with Crippen molar-refractivity contribution in [3.63, 3.8) is 0 Å². The van der Waals surface area contributed by atoms with E-state index in [4.69, 9.17) is 5.73 Å². The van der Waals surface area contributed by atoms with Crippen LogP contribution in [-0.4, -0.2) is 36.3 Å². The van der Waals surface area contributed by atoms with Gasteiger partial charge in [-0.05, 0) is 24.6 Å². The molecule has 1 aromatic rings. The SMILES string of the molecule is CCN(Cc1cccc(F)c1)C(=O)CNC(=O)CN.Cl. The van der Waals surface area contributed by atoms with Gasteiger partial charge in [0.25, 0.3) is 0 Å². The van der Waals surface area contributed by atoms with E-state index in [-0.39, 0.29) is 43.1 Å². The van der Waals surface area contributed by atoms with E-state index in [0.717, 1.165) is 0 Å². The molecule has 0 atom stereocenters. The summed E-state index contributed by atoms with van der Waals surface area (Å²) in [5.74, 6) is -0.943. The summed E-state index contributed by atoms with van der Waals surface area (Å²) in [7, 11) is 0. The maximum absolute atomic E-state index is 13.0. The molecule has 3 N–H and O–H groups in total. The second-order valence-electron chi connectivity index (χ2n) is 4.02. The molecule has 0 aliphatic heterocycles. The average Bonchev–Trinajstić information content (AvgIpc) is 2.41. The van der Waals surface area contributed by atoms with Crippen molar-refractivity contribution in [2.75, 3.05) is 19.6 Å². The Kier molecular flexibility index (Phi) is 8.51. The van der Waals surface area contributed by atoms with Gasteiger partial charge in [0, 0.05) is 13.1 Å². The smallest absolute Gasteiger partial charge is 0.242 e. The predicted molar refractivity (Wildman–Crippen MR) is 76.8 cm³/mol. The van der Waals surface area contributed by atoms with E-state index in [2.05, 4.69) is 5.32 Å². The van der Waals surface area contributed by atoms with Crippen LogP contribution in [0.3, 0.4) is 0 Å². The molecule has 0 aromatic heterocycles. The normalized spacial score (nSPS) is 9.55. The molecule has 0 heterocycles. The number of amides is 2. The summed E-state index contributed by atoms with van der Waals surface area (Å²) < 4.78 is 13.0. The van der Waals surface area contributed by atoms with Crippen LogP contribution in [0.5, 0.6) is 0 Å². The Hall–Kier alpha value is -1.66. The summed E-state index contributed by atoms with van der Waals surface area (Å²) >= 11 is 0. The van der Waals surface area contributed by atoms with Crippen molar-refractivity contribution < 1.29 is 14.0 Å². The molecule has 1 aromatic carbocycles. The lowest BCUT2D eigenvalue weighted by molar-refractivity contribution is -0.132. The summed E-state index contributed by atoms with van der Waals surface area (Å²) in [6.45, 7) is 2.36. The number of hydrogen-bond acceptors (Lipinski definition) is 3. The number of carbonyl (C=O) groups is 2. The second kappa shape index (κ2) is 9.28. The van der Waals surface area contributed by atoms with E-state index in [0.29, 0.717) is 18.7 Å². The molecular weight excluding hydrogens is 285 g/mol. The van der Waals surface area contributed by atoms with Gasteiger partial charge in [0.2, 0.25) is 11.8 Å². The Balaban J connectivity index is 0.00000361. The molecule has 1 rings (SSSR count). The van der Waals surface area contributed by atoms with Crippen molar-refractivity contribution in [1.29, 1.82) is 0 Å². The first-order chi connectivity index (χ1) is 9.06. The van der Waals surface area contributed by atoms with Gasteiger partial charge in [0.1, 0.15) is 5.82 Å². The van der Waals surface area contributed by atoms with Crippen molar-refractivity contribution in [3.8, 4) is 0 Å². The first kappa shape index (κ1) is 18.3. The van der Waals surface area contributed by atoms with Crippen LogP contribution in [0, 0.1) is 5.82 Å². The highest BCUT2D eigenvalue weighted by Gasteiger charge is 2.13. The van der Waals surface area contributed by atoms with Crippen molar-refractivity contribution in [3.05, 3.63) is 35.6 Å². The summed E-state index contributed by atoms with van der Waals surface area (Å²) in [6.07, 6.45) is 0. The maximum atomic E-state index is 13.0. The van der Waals surface area contributed by atoms with E-state index in [9.17, 15) is 14.0 Å². The van der Waals surface area contributed by atoms with Crippen molar-refractivity contribution in [2.24, 2.45) is 5.73 Å². The molecule has 0 radical (unpaired) electrons. The Morgan fingerprint density at radius 1 is 1.40 bits per heavy atom. The number of benzene rings is 1. The summed E-state index contributed by atoms with van der Waals surface area (Å²) in [4.78, 5) is 24.4. The molecule has 2 amide bonds. The number of hydrogen-bond donors (Lipinski definition) is 2. The lowest BCUT2D eigenvalue weighted by Crippen LogP contribution is -2.41. The zero-order valence-electron chi connectivity index (χ0n) is 11.3. The Morgan fingerprint density at radius 3 is 2.65 bits per heavy atom. The standard InChI is InChI=1S/C13H18FN3O2.ClH/c1-2-17(13(19)8-16-12(18)7-15)9-10-4-3-5-11(14)6-10;/h3-6H,2,7-9,15H2,1H3,(H,16,18);1H. The number of nitrogens with two attached hydrogens (primary N) is 1. The summed E-state index contributed by atoms with van der Waals surface area (Å²) in [5.41, 5.74) is 5.84. The van der Waals surface area contributed by atoms with Gasteiger partial charge in [-0.25, -0.2) is 4.39 Å². The molecule has 0 bridgehead atoms. The average molecular weight is 304 g/mol. The highest BCUT2D eigenvalue weighted by Crippen LogP contribution is 2.07. The van der Waals surface area contributed by atoms with Gasteiger partial charge in [0.15, 0.2) is 0 Å². The fourth-order valence-corrected chi connectivity index (χ4v) is 1.59. The van der Waals surface area contributed by atoms with Gasteiger partial charge in [-0.3, -0.25) is 9.59 Å². The monoisotopic (exact) mass is 303 g/mol. The number of nitrogens with one attached hydrogen (secondary N) is 1. The molecular formula is C13H19ClFN3O2. The molecule has 0 spiro atoms. The van der Waals surface area contributed by atoms with Crippen LogP contribution in [0.2, 0.25) is 0 Å². The first-order valence-electron chi connectivity index (χ1n) is 6.05. The Bertz CT molecular complexity index is 457. The minimum absolute atomic E-state index is 0. The van der Waals surface area contributed by atoms with Crippen LogP contribution < -0.4 is 11.1 Å². The number of rotatable bonds is 6. The molecule has 0 saturated heterocycles. The summed E-state index contributed by atoms with van der Waals surface area (Å²) in [5, 5.41) is 2.41. The first-order valence-corrected chi connectivity index (χ1v) is 6.05. The molecule has 5 nitrogen and oxygen atoms in total. The molecule has 0 aliphatic carbocycles. The van der Waals surface area contributed by atoms with Gasteiger partial charge in [-0.15, -0.1) is 12.4 Å². The zero-order valence-corrected chi connectivity index (χ0v) is 12.1. The quantitative estimate of drug-likeness (QED) is 0.811. The number of halogens is 2. The van der Waals surface area contributed by atoms with E-state index in [1.807, 2.05) is 6.92 Å². The minimum Gasteiger partial charge on any atom is -0.346 e. The number of nitrogens with zero attached hydrogens (tertiary/aromatic N) is 1. The zero-order chi connectivity index (χ0) is 14.3. The van der Waals surface area contributed by atoms with Gasteiger partial charge in [-0.1, -0.05) is 12.1 Å². The van der Waals surface area contributed by atoms with E-state index in [1.165, 1.54) is 17.0 Å². The van der Waals surface area contributed by atoms with E-state index >= 15 is 0 Å². The van der Waals surface area contributed by atoms with Crippen molar-refractivity contribution in [2.45, 2.75) is 13.5 Å². The van der Waals surface area contributed by atoms with Crippen molar-refractivity contribution >= 4 is 24.2 Å². The van der Waals surface area contributed by atoms with Crippen LogP contribution in [0.1, 0.15) is 12.5 Å². The maximum Gasteiger partial charge on any atom is 0.242 e. The second-order valence-corrected chi connectivity index (χ2v) is 4.02. The Labute approximate surface area is 123 Å². The fraction of sp³-hybridized carbons (Fsp3) is 0.385. The van der Waals surface area contributed by atoms with Crippen LogP contribution >= 0.6 is 12.4 Å². The van der Waals surface area contributed by atoms with Crippen molar-refractivity contribution in [1.82, 2.24) is 10.2 Å². The number of likely N-dealkylation sites (N-methyl/N-ethyl adjacent to an activating group) is 1. The van der Waals surface area contributed by atoms with Gasteiger partial charge >= 0.3 is 0 Å². The molecule has 0 saturated carbocycles. The molecule has 0 aliphatic rings. The Morgan fingerprint density at radius 2 is 2.10 bits per heavy atom. The lowest BCUT2D eigenvalue weighted by Gasteiger charge is -2.21.